The molecule has 7 heteroatoms. The third-order valence-electron chi connectivity index (χ3n) is 6.48. The van der Waals surface area contributed by atoms with Gasteiger partial charge in [-0.1, -0.05) is 13.8 Å². The predicted octanol–water partition coefficient (Wildman–Crippen LogP) is 2.22. The average Bonchev–Trinajstić information content (AvgIpc) is 2.66. The highest BCUT2D eigenvalue weighted by Crippen LogP contribution is 2.40. The molecule has 2 aliphatic heterocycles. The molecule has 0 bridgehead atoms. The van der Waals surface area contributed by atoms with Crippen molar-refractivity contribution in [3.63, 3.8) is 0 Å². The molecule has 1 spiro atoms. The Bertz CT molecular complexity index is 801. The lowest BCUT2D eigenvalue weighted by atomic mass is 9.73. The van der Waals surface area contributed by atoms with E-state index < -0.39 is 17.2 Å². The van der Waals surface area contributed by atoms with E-state index >= 15 is 0 Å². The maximum absolute atomic E-state index is 12.3. The number of aryl methyl sites for hydroxylation is 2. The third kappa shape index (κ3) is 3.96. The number of nitrogens with zero attached hydrogens (tertiary/aromatic N) is 3. The molecular formula is C22H32N4O3. The molecule has 1 amide bonds. The van der Waals surface area contributed by atoms with E-state index in [1.165, 1.54) is 0 Å². The summed E-state index contributed by atoms with van der Waals surface area (Å²) >= 11 is 0. The lowest BCUT2D eigenvalue weighted by molar-refractivity contribution is -0.198. The molecule has 3 rings (SSSR count). The van der Waals surface area contributed by atoms with Crippen LogP contribution >= 0.6 is 0 Å². The number of nitrogens with one attached hydrogen (secondary N) is 1. The molecule has 2 N–H and O–H groups in total. The van der Waals surface area contributed by atoms with E-state index in [0.29, 0.717) is 44.5 Å². The number of anilines is 1. The van der Waals surface area contributed by atoms with Crippen LogP contribution in [-0.2, 0) is 9.53 Å². The number of nitriles is 1. The largest absolute Gasteiger partial charge is 0.388 e. The molecular weight excluding hydrogens is 368 g/mol. The van der Waals surface area contributed by atoms with Crippen LogP contribution in [0.25, 0.3) is 0 Å². The van der Waals surface area contributed by atoms with Gasteiger partial charge in [0.2, 0.25) is 5.91 Å². The average molecular weight is 401 g/mol. The van der Waals surface area contributed by atoms with Crippen LogP contribution in [0.5, 0.6) is 0 Å². The highest BCUT2D eigenvalue weighted by atomic mass is 16.5. The van der Waals surface area contributed by atoms with Gasteiger partial charge in [-0.2, -0.15) is 5.26 Å². The van der Waals surface area contributed by atoms with E-state index in [1.807, 2.05) is 40.7 Å². The Morgan fingerprint density at radius 2 is 2.03 bits per heavy atom. The first-order valence-electron chi connectivity index (χ1n) is 10.4. The summed E-state index contributed by atoms with van der Waals surface area (Å²) in [6, 6.07) is 4.16. The van der Waals surface area contributed by atoms with Gasteiger partial charge in [-0.3, -0.25) is 4.79 Å². The monoisotopic (exact) mass is 400 g/mol. The smallest absolute Gasteiger partial charge is 0.223 e. The minimum atomic E-state index is -0.772. The van der Waals surface area contributed by atoms with Gasteiger partial charge in [-0.25, -0.2) is 4.98 Å². The van der Waals surface area contributed by atoms with Crippen molar-refractivity contribution in [2.75, 3.05) is 24.6 Å². The second-order valence-corrected chi connectivity index (χ2v) is 8.98. The van der Waals surface area contributed by atoms with Gasteiger partial charge in [0.1, 0.15) is 18.0 Å². The topological polar surface area (TPSA) is 98.5 Å². The Kier molecular flexibility index (Phi) is 5.88. The van der Waals surface area contributed by atoms with E-state index in [-0.39, 0.29) is 11.8 Å². The summed E-state index contributed by atoms with van der Waals surface area (Å²) in [6.07, 6.45) is 1.13. The Balaban J connectivity index is 1.75. The van der Waals surface area contributed by atoms with Crippen molar-refractivity contribution < 1.29 is 14.6 Å². The van der Waals surface area contributed by atoms with Gasteiger partial charge in [0.25, 0.3) is 0 Å². The molecule has 1 aromatic heterocycles. The van der Waals surface area contributed by atoms with Crippen LogP contribution in [-0.4, -0.2) is 52.9 Å². The number of hydrogen-bond acceptors (Lipinski definition) is 6. The first kappa shape index (κ1) is 21.5. The summed E-state index contributed by atoms with van der Waals surface area (Å²) in [7, 11) is 0. The summed E-state index contributed by atoms with van der Waals surface area (Å²) in [5.41, 5.74) is 0.936. The van der Waals surface area contributed by atoms with E-state index in [4.69, 9.17) is 4.74 Å². The van der Waals surface area contributed by atoms with Crippen LogP contribution < -0.4 is 10.2 Å². The molecule has 3 heterocycles. The Morgan fingerprint density at radius 1 is 1.38 bits per heavy atom. The first-order valence-corrected chi connectivity index (χ1v) is 10.4. The molecule has 2 aliphatic rings. The highest BCUT2D eigenvalue weighted by Gasteiger charge is 2.54. The summed E-state index contributed by atoms with van der Waals surface area (Å²) < 4.78 is 6.13. The maximum Gasteiger partial charge on any atom is 0.223 e. The molecule has 1 aromatic rings. The van der Waals surface area contributed by atoms with Crippen molar-refractivity contribution in [1.29, 1.82) is 5.26 Å². The summed E-state index contributed by atoms with van der Waals surface area (Å²) in [4.78, 5) is 19.1. The van der Waals surface area contributed by atoms with Crippen LogP contribution in [0.4, 0.5) is 5.82 Å². The van der Waals surface area contributed by atoms with Gasteiger partial charge in [-0.15, -0.1) is 0 Å². The molecule has 2 atom stereocenters. The van der Waals surface area contributed by atoms with Crippen LogP contribution in [0, 0.1) is 31.1 Å². The number of piperidine rings is 1. The van der Waals surface area contributed by atoms with Crippen LogP contribution in [0.2, 0.25) is 0 Å². The Morgan fingerprint density at radius 3 is 2.59 bits per heavy atom. The zero-order chi connectivity index (χ0) is 21.4. The van der Waals surface area contributed by atoms with Gasteiger partial charge >= 0.3 is 0 Å². The van der Waals surface area contributed by atoms with E-state index in [2.05, 4.69) is 21.3 Å². The molecule has 2 saturated heterocycles. The molecule has 158 valence electrons. The number of amides is 1. The highest BCUT2D eigenvalue weighted by molar-refractivity contribution is 5.78. The van der Waals surface area contributed by atoms with Crippen molar-refractivity contribution in [2.24, 2.45) is 5.92 Å². The number of hydrogen-bond donors (Lipinski definition) is 2. The molecule has 0 aliphatic carbocycles. The van der Waals surface area contributed by atoms with Crippen molar-refractivity contribution in [3.05, 3.63) is 22.9 Å². The first-order chi connectivity index (χ1) is 13.6. The van der Waals surface area contributed by atoms with Crippen LogP contribution in [0.3, 0.4) is 0 Å². The fourth-order valence-electron chi connectivity index (χ4n) is 4.49. The van der Waals surface area contributed by atoms with E-state index in [0.717, 1.165) is 17.1 Å². The summed E-state index contributed by atoms with van der Waals surface area (Å²) in [5.74, 6) is 0.678. The number of rotatable bonds is 3. The molecule has 0 saturated carbocycles. The minimum absolute atomic E-state index is 0.0474. The van der Waals surface area contributed by atoms with Gasteiger partial charge in [0.05, 0.1) is 22.4 Å². The number of carbonyl (C=O) groups is 1. The molecule has 0 radical (unpaired) electrons. The zero-order valence-electron chi connectivity index (χ0n) is 18.1. The standard InChI is InChI=1S/C22H32N4O3/c1-14(2)19(27)25-21(5)8-11-29-22(20(21)28)6-9-26(10-7-22)18-12-15(3)17(13-23)16(4)24-18/h12,14,20,28H,6-11H2,1-5H3,(H,25,27)/t20-,21+/m1/s1. The summed E-state index contributed by atoms with van der Waals surface area (Å²) in [6.45, 7) is 11.3. The van der Waals surface area contributed by atoms with E-state index in [9.17, 15) is 15.2 Å². The number of pyridine rings is 1. The van der Waals surface area contributed by atoms with E-state index in [1.54, 1.807) is 0 Å². The third-order valence-corrected chi connectivity index (χ3v) is 6.48. The van der Waals surface area contributed by atoms with Gasteiger partial charge in [0, 0.05) is 25.6 Å². The molecule has 7 nitrogen and oxygen atoms in total. The van der Waals surface area contributed by atoms with Crippen LogP contribution in [0.1, 0.15) is 56.9 Å². The number of ether oxygens (including phenoxy) is 1. The Hall–Kier alpha value is -2.17. The second kappa shape index (κ2) is 7.92. The Labute approximate surface area is 173 Å². The second-order valence-electron chi connectivity index (χ2n) is 8.98. The van der Waals surface area contributed by atoms with Crippen molar-refractivity contribution in [2.45, 2.75) is 71.1 Å². The van der Waals surface area contributed by atoms with Crippen molar-refractivity contribution in [1.82, 2.24) is 10.3 Å². The zero-order valence-corrected chi connectivity index (χ0v) is 18.1. The molecule has 2 fully saturated rings. The number of aromatic nitrogens is 1. The van der Waals surface area contributed by atoms with Gasteiger partial charge in [0.15, 0.2) is 0 Å². The van der Waals surface area contributed by atoms with Gasteiger partial charge < -0.3 is 20.1 Å². The number of carbonyl (C=O) groups excluding carboxylic acids is 1. The quantitative estimate of drug-likeness (QED) is 0.807. The lowest BCUT2D eigenvalue weighted by Gasteiger charge is -2.53. The van der Waals surface area contributed by atoms with Crippen LogP contribution in [0.15, 0.2) is 6.07 Å². The molecule has 0 aromatic carbocycles. The van der Waals surface area contributed by atoms with Gasteiger partial charge in [-0.05, 0) is 51.7 Å². The van der Waals surface area contributed by atoms with Crippen molar-refractivity contribution in [3.8, 4) is 6.07 Å². The maximum atomic E-state index is 12.3. The summed E-state index contributed by atoms with van der Waals surface area (Å²) in [5, 5.41) is 23.6. The fourth-order valence-corrected chi connectivity index (χ4v) is 4.49. The SMILES string of the molecule is Cc1cc(N2CCC3(CC2)OCC[C@](C)(NC(=O)C(C)C)[C@H]3O)nc(C)c1C#N. The predicted molar refractivity (Wildman–Crippen MR) is 111 cm³/mol. The number of aliphatic hydroxyl groups is 1. The molecule has 29 heavy (non-hydrogen) atoms. The normalized spacial score (nSPS) is 26.4. The fraction of sp³-hybridized carbons (Fsp3) is 0.682. The number of aliphatic hydroxyl groups excluding tert-OH is 1. The minimum Gasteiger partial charge on any atom is -0.388 e. The lowest BCUT2D eigenvalue weighted by Crippen LogP contribution is -2.69. The molecule has 0 unspecified atom stereocenters. The van der Waals surface area contributed by atoms with Crippen molar-refractivity contribution >= 4 is 11.7 Å².